The molecule has 0 spiro atoms. The van der Waals surface area contributed by atoms with Gasteiger partial charge >= 0.3 is 5.97 Å². The van der Waals surface area contributed by atoms with Crippen molar-refractivity contribution in [1.82, 2.24) is 5.32 Å². The highest BCUT2D eigenvalue weighted by Crippen LogP contribution is 2.34. The summed E-state index contributed by atoms with van der Waals surface area (Å²) in [5.41, 5.74) is 7.22. The zero-order valence-corrected chi connectivity index (χ0v) is 22.0. The molecule has 2 saturated carbocycles. The first kappa shape index (κ1) is 28.9. The van der Waals surface area contributed by atoms with Gasteiger partial charge in [0, 0.05) is 13.0 Å². The number of nitrogens with zero attached hydrogens (tertiary/aromatic N) is 1. The summed E-state index contributed by atoms with van der Waals surface area (Å²) in [5.74, 6) is -2.06. The number of aliphatic hydroxyl groups excluding tert-OH is 1. The number of rotatable bonds is 11. The average molecular weight is 543 g/mol. The molecule has 2 fully saturated rings. The van der Waals surface area contributed by atoms with Gasteiger partial charge in [-0.05, 0) is 57.1 Å². The quantitative estimate of drug-likeness (QED) is 0.171. The third-order valence-corrected chi connectivity index (χ3v) is 7.65. The smallest absolute Gasteiger partial charge is 0.357 e. The number of amides is 1. The Morgan fingerprint density at radius 3 is 2.56 bits per heavy atom. The number of nitrogens with two attached hydrogens (primary N) is 1. The van der Waals surface area contributed by atoms with E-state index in [0.717, 1.165) is 56.2 Å². The summed E-state index contributed by atoms with van der Waals surface area (Å²) in [6.45, 7) is 0.984. The van der Waals surface area contributed by atoms with E-state index in [1.807, 2.05) is 30.3 Å². The molecule has 0 heterocycles. The molecule has 5 unspecified atom stereocenters. The lowest BCUT2D eigenvalue weighted by Gasteiger charge is -2.39. The number of carbonyl (C=O) groups excluding carboxylic acids is 2. The van der Waals surface area contributed by atoms with Crippen LogP contribution in [0.15, 0.2) is 35.5 Å². The molecule has 0 aromatic heterocycles. The van der Waals surface area contributed by atoms with Crippen molar-refractivity contribution in [3.8, 4) is 0 Å². The molecule has 0 aliphatic heterocycles. The summed E-state index contributed by atoms with van der Waals surface area (Å²) in [6.07, 6.45) is 4.98. The minimum Gasteiger partial charge on any atom is -0.391 e. The van der Waals surface area contributed by atoms with Crippen molar-refractivity contribution >= 4 is 40.8 Å². The third-order valence-electron chi connectivity index (χ3n) is 6.71. The van der Waals surface area contributed by atoms with Gasteiger partial charge in [-0.2, -0.15) is 0 Å². The molecule has 0 bridgehead atoms. The molecule has 1 aromatic rings. The molecule has 2 aliphatic rings. The predicted molar refractivity (Wildman–Crippen MR) is 140 cm³/mol. The number of nitrogens with one attached hydrogen (secondary N) is 1. The largest absolute Gasteiger partial charge is 0.391 e. The van der Waals surface area contributed by atoms with E-state index >= 15 is 0 Å². The number of aliphatic hydroxyl groups is 1. The van der Waals surface area contributed by atoms with E-state index in [1.165, 1.54) is 0 Å². The Bertz CT molecular complexity index is 864. The highest BCUT2D eigenvalue weighted by atomic mass is 35.5. The van der Waals surface area contributed by atoms with Crippen LogP contribution in [0.4, 0.5) is 0 Å². The molecule has 3 rings (SSSR count). The highest BCUT2D eigenvalue weighted by molar-refractivity contribution is 6.25. The second-order valence-electron chi connectivity index (χ2n) is 9.50. The Morgan fingerprint density at radius 1 is 1.14 bits per heavy atom. The zero-order valence-electron chi connectivity index (χ0n) is 20.5. The number of alkyl halides is 2. The van der Waals surface area contributed by atoms with Gasteiger partial charge in [0.05, 0.1) is 34.6 Å². The van der Waals surface area contributed by atoms with Crippen LogP contribution < -0.4 is 11.1 Å². The molecular formula is C26H37Cl2N3O5. The Balaban J connectivity index is 1.65. The first-order valence-electron chi connectivity index (χ1n) is 12.8. The molecule has 0 saturated heterocycles. The van der Waals surface area contributed by atoms with Gasteiger partial charge in [-0.15, -0.1) is 23.2 Å². The standard InChI is InChI=1S/C26H37Cl2N3O5/c27-20-16-19(23(32)22(28)24(20)35-14-8-7-13-29)25(33)30-21(15-17-9-3-1-4-10-17)26(34)36-31-18-11-5-2-6-12-18/h1,3-4,9-10,19-24,32H,2,5-8,11-16,29H2,(H,30,33)/t19?,20?,21-,22?,23?,24?/m0/s1. The van der Waals surface area contributed by atoms with Gasteiger partial charge < -0.3 is 25.7 Å². The van der Waals surface area contributed by atoms with Crippen LogP contribution in [0.1, 0.15) is 56.9 Å². The number of unbranched alkanes of at least 4 members (excludes halogenated alkanes) is 1. The summed E-state index contributed by atoms with van der Waals surface area (Å²) in [5, 5.41) is 16.2. The van der Waals surface area contributed by atoms with Crippen LogP contribution in [0, 0.1) is 5.92 Å². The number of benzene rings is 1. The van der Waals surface area contributed by atoms with Crippen LogP contribution in [0.25, 0.3) is 0 Å². The van der Waals surface area contributed by atoms with Gasteiger partial charge in [0.2, 0.25) is 5.91 Å². The van der Waals surface area contributed by atoms with Gasteiger partial charge in [0.1, 0.15) is 6.04 Å². The van der Waals surface area contributed by atoms with E-state index in [4.69, 9.17) is 38.5 Å². The first-order valence-corrected chi connectivity index (χ1v) is 13.7. The SMILES string of the molecule is NCCCCOC1C(Cl)CC(C(=O)N[C@@H](Cc2ccccc2)C(=O)ON=C2CCCCC2)C(O)C1Cl. The van der Waals surface area contributed by atoms with Crippen molar-refractivity contribution in [2.75, 3.05) is 13.2 Å². The maximum atomic E-state index is 13.2. The first-order chi connectivity index (χ1) is 17.4. The van der Waals surface area contributed by atoms with Crippen LogP contribution in [0.2, 0.25) is 0 Å². The lowest BCUT2D eigenvalue weighted by atomic mass is 9.83. The van der Waals surface area contributed by atoms with Crippen LogP contribution in [0.5, 0.6) is 0 Å². The average Bonchev–Trinajstić information content (AvgIpc) is 2.89. The fraction of sp³-hybridized carbons (Fsp3) is 0.654. The number of oxime groups is 1. The summed E-state index contributed by atoms with van der Waals surface area (Å²) in [6, 6.07) is 8.34. The molecule has 0 radical (unpaired) electrons. The Labute approximate surface area is 222 Å². The van der Waals surface area contributed by atoms with Crippen LogP contribution >= 0.6 is 23.2 Å². The molecule has 8 nitrogen and oxygen atoms in total. The Morgan fingerprint density at radius 2 is 1.86 bits per heavy atom. The van der Waals surface area contributed by atoms with Crippen LogP contribution in [0.3, 0.4) is 0 Å². The van der Waals surface area contributed by atoms with Crippen molar-refractivity contribution in [3.05, 3.63) is 35.9 Å². The second-order valence-corrected chi connectivity index (χ2v) is 10.6. The molecule has 1 aromatic carbocycles. The normalized spacial score (nSPS) is 27.2. The molecule has 1 amide bonds. The molecule has 36 heavy (non-hydrogen) atoms. The van der Waals surface area contributed by atoms with E-state index in [2.05, 4.69) is 10.5 Å². The monoisotopic (exact) mass is 541 g/mol. The Kier molecular flexibility index (Phi) is 11.9. The van der Waals surface area contributed by atoms with Gasteiger partial charge in [0.25, 0.3) is 0 Å². The lowest BCUT2D eigenvalue weighted by Crippen LogP contribution is -2.56. The second kappa shape index (κ2) is 14.9. The van der Waals surface area contributed by atoms with Crippen molar-refractivity contribution in [3.63, 3.8) is 0 Å². The summed E-state index contributed by atoms with van der Waals surface area (Å²) in [4.78, 5) is 31.4. The zero-order chi connectivity index (χ0) is 25.9. The van der Waals surface area contributed by atoms with Gasteiger partial charge in [-0.25, -0.2) is 4.79 Å². The number of halogens is 2. The van der Waals surface area contributed by atoms with Gasteiger partial charge in [0.15, 0.2) is 0 Å². The summed E-state index contributed by atoms with van der Waals surface area (Å²) < 4.78 is 5.80. The van der Waals surface area contributed by atoms with E-state index in [0.29, 0.717) is 13.2 Å². The molecule has 200 valence electrons. The summed E-state index contributed by atoms with van der Waals surface area (Å²) >= 11 is 13.0. The molecule has 6 atom stereocenters. The number of carbonyl (C=O) groups is 2. The number of hydrogen-bond acceptors (Lipinski definition) is 7. The third kappa shape index (κ3) is 8.42. The topological polar surface area (TPSA) is 123 Å². The van der Waals surface area contributed by atoms with Crippen molar-refractivity contribution in [1.29, 1.82) is 0 Å². The van der Waals surface area contributed by atoms with Crippen molar-refractivity contribution in [2.45, 2.75) is 86.8 Å². The predicted octanol–water partition coefficient (Wildman–Crippen LogP) is 3.30. The minimum absolute atomic E-state index is 0.161. The number of ether oxygens (including phenoxy) is 1. The highest BCUT2D eigenvalue weighted by Gasteiger charge is 2.46. The van der Waals surface area contributed by atoms with E-state index in [9.17, 15) is 14.7 Å². The van der Waals surface area contributed by atoms with E-state index in [-0.39, 0.29) is 12.8 Å². The van der Waals surface area contributed by atoms with Gasteiger partial charge in [-0.3, -0.25) is 4.79 Å². The number of hydrogen-bond donors (Lipinski definition) is 3. The Hall–Kier alpha value is -1.71. The lowest BCUT2D eigenvalue weighted by molar-refractivity contribution is -0.149. The van der Waals surface area contributed by atoms with Crippen LogP contribution in [-0.4, -0.2) is 64.9 Å². The summed E-state index contributed by atoms with van der Waals surface area (Å²) in [7, 11) is 0. The maximum absolute atomic E-state index is 13.2. The van der Waals surface area contributed by atoms with E-state index < -0.39 is 46.8 Å². The minimum atomic E-state index is -1.18. The fourth-order valence-electron chi connectivity index (χ4n) is 4.60. The molecule has 4 N–H and O–H groups in total. The maximum Gasteiger partial charge on any atom is 0.357 e. The molecule has 10 heteroatoms. The van der Waals surface area contributed by atoms with Gasteiger partial charge in [-0.1, -0.05) is 41.9 Å². The van der Waals surface area contributed by atoms with Crippen molar-refractivity contribution in [2.24, 2.45) is 16.8 Å². The van der Waals surface area contributed by atoms with Crippen LogP contribution in [-0.2, 0) is 25.6 Å². The molecule has 2 aliphatic carbocycles. The van der Waals surface area contributed by atoms with E-state index in [1.54, 1.807) is 0 Å². The van der Waals surface area contributed by atoms with Crippen molar-refractivity contribution < 1.29 is 24.3 Å². The molecular weight excluding hydrogens is 505 g/mol. The fourth-order valence-corrected chi connectivity index (χ4v) is 5.52.